The number of rotatable bonds is 11. The van der Waals surface area contributed by atoms with Crippen LogP contribution in [-0.4, -0.2) is 56.6 Å². The Hall–Kier alpha value is -2.43. The summed E-state index contributed by atoms with van der Waals surface area (Å²) in [4.78, 5) is 19.3. The first-order chi connectivity index (χ1) is 17.8. The first kappa shape index (κ1) is 27.6. The van der Waals surface area contributed by atoms with Crippen molar-refractivity contribution in [1.82, 2.24) is 0 Å². The van der Waals surface area contributed by atoms with E-state index in [4.69, 9.17) is 18.7 Å². The smallest absolute Gasteiger partial charge is 0.387 e. The van der Waals surface area contributed by atoms with E-state index < -0.39 is 44.4 Å². The van der Waals surface area contributed by atoms with E-state index in [9.17, 15) is 24.6 Å². The Kier molecular flexibility index (Phi) is 9.61. The van der Waals surface area contributed by atoms with Gasteiger partial charge in [0, 0.05) is 0 Å². The van der Waals surface area contributed by atoms with Gasteiger partial charge in [0.1, 0.15) is 36.6 Å². The maximum Gasteiger partial charge on any atom is 0.470 e. The highest BCUT2D eigenvalue weighted by atomic mass is 31.2. The third kappa shape index (κ3) is 7.78. The zero-order chi connectivity index (χ0) is 26.3. The van der Waals surface area contributed by atoms with Crippen molar-refractivity contribution < 1.29 is 43.3 Å². The summed E-state index contributed by atoms with van der Waals surface area (Å²) in [7, 11) is -5.06. The number of hydrogen-bond donors (Lipinski definition) is 4. The predicted octanol–water partition coefficient (Wildman–Crippen LogP) is 2.96. The van der Waals surface area contributed by atoms with E-state index in [1.807, 2.05) is 91.0 Å². The lowest BCUT2D eigenvalue weighted by Crippen LogP contribution is -2.66. The van der Waals surface area contributed by atoms with Crippen LogP contribution in [0.3, 0.4) is 0 Å². The fourth-order valence-electron chi connectivity index (χ4n) is 4.31. The summed E-state index contributed by atoms with van der Waals surface area (Å²) >= 11 is 0. The zero-order valence-corrected chi connectivity index (χ0v) is 20.9. The van der Waals surface area contributed by atoms with E-state index >= 15 is 0 Å². The molecule has 0 saturated heterocycles. The Balaban J connectivity index is 1.61. The van der Waals surface area contributed by atoms with E-state index in [-0.39, 0.29) is 19.8 Å². The van der Waals surface area contributed by atoms with Crippen LogP contribution in [0.2, 0.25) is 0 Å². The normalized spacial score (nSPS) is 26.2. The van der Waals surface area contributed by atoms with Crippen LogP contribution in [0.1, 0.15) is 16.7 Å². The summed E-state index contributed by atoms with van der Waals surface area (Å²) in [6.07, 6.45) is -8.19. The Bertz CT molecular complexity index is 1070. The van der Waals surface area contributed by atoms with Crippen LogP contribution in [0, 0.1) is 0 Å². The van der Waals surface area contributed by atoms with Crippen LogP contribution in [0.4, 0.5) is 0 Å². The third-order valence-corrected chi connectivity index (χ3v) is 6.63. The summed E-state index contributed by atoms with van der Waals surface area (Å²) in [6, 6.07) is 27.5. The van der Waals surface area contributed by atoms with Gasteiger partial charge >= 0.3 is 7.82 Å². The molecule has 0 aromatic heterocycles. The lowest BCUT2D eigenvalue weighted by atomic mass is 9.84. The van der Waals surface area contributed by atoms with E-state index in [1.165, 1.54) is 0 Å². The van der Waals surface area contributed by atoms with Crippen LogP contribution in [-0.2, 0) is 43.1 Å². The number of phosphoric acid groups is 1. The summed E-state index contributed by atoms with van der Waals surface area (Å²) in [5.41, 5.74) is 2.37. The zero-order valence-electron chi connectivity index (χ0n) is 20.0. The molecule has 1 aliphatic rings. The largest absolute Gasteiger partial charge is 0.470 e. The van der Waals surface area contributed by atoms with Gasteiger partial charge < -0.3 is 34.2 Å². The van der Waals surface area contributed by atoms with Crippen LogP contribution in [0.25, 0.3) is 0 Å². The lowest BCUT2D eigenvalue weighted by Gasteiger charge is -2.46. The average molecular weight is 531 g/mol. The Labute approximate surface area is 215 Å². The van der Waals surface area contributed by atoms with Crippen molar-refractivity contribution in [3.63, 3.8) is 0 Å². The molecule has 37 heavy (non-hydrogen) atoms. The molecule has 0 heterocycles. The number of phosphoric ester groups is 1. The summed E-state index contributed by atoms with van der Waals surface area (Å²) in [6.45, 7) is 0.132. The van der Waals surface area contributed by atoms with Crippen molar-refractivity contribution in [1.29, 1.82) is 0 Å². The molecule has 0 radical (unpaired) electrons. The SMILES string of the molecule is O=P(O)(O)O[C@@H]1[C@@H](OCc2ccccc2)[C@H](O)[C@@H](OCc2ccccc2)[C@H](O)[C@@H]1OCc1ccccc1. The number of benzene rings is 3. The topological polar surface area (TPSA) is 135 Å². The third-order valence-electron chi connectivity index (χ3n) is 6.11. The first-order valence-electron chi connectivity index (χ1n) is 11.9. The molecule has 1 saturated carbocycles. The van der Waals surface area contributed by atoms with Gasteiger partial charge in [-0.05, 0) is 16.7 Å². The van der Waals surface area contributed by atoms with Gasteiger partial charge in [0.25, 0.3) is 0 Å². The van der Waals surface area contributed by atoms with Gasteiger partial charge in [-0.25, -0.2) is 4.57 Å². The highest BCUT2D eigenvalue weighted by Gasteiger charge is 2.54. The van der Waals surface area contributed by atoms with Crippen LogP contribution in [0.15, 0.2) is 91.0 Å². The first-order valence-corrected chi connectivity index (χ1v) is 13.4. The molecule has 1 fully saturated rings. The van der Waals surface area contributed by atoms with E-state index in [0.717, 1.165) is 16.7 Å². The second-order valence-corrected chi connectivity index (χ2v) is 10.0. The van der Waals surface area contributed by atoms with Crippen LogP contribution in [0.5, 0.6) is 0 Å². The van der Waals surface area contributed by atoms with Gasteiger partial charge in [-0.15, -0.1) is 0 Å². The van der Waals surface area contributed by atoms with E-state index in [2.05, 4.69) is 0 Å². The molecule has 6 atom stereocenters. The molecule has 4 N–H and O–H groups in total. The highest BCUT2D eigenvalue weighted by Crippen LogP contribution is 2.43. The number of aliphatic hydroxyl groups excluding tert-OH is 2. The number of ether oxygens (including phenoxy) is 3. The summed E-state index contributed by atoms with van der Waals surface area (Å²) < 4.78 is 34.8. The Morgan fingerprint density at radius 2 is 0.865 bits per heavy atom. The molecular weight excluding hydrogens is 499 g/mol. The van der Waals surface area contributed by atoms with Crippen molar-refractivity contribution in [2.24, 2.45) is 0 Å². The minimum Gasteiger partial charge on any atom is -0.387 e. The molecule has 0 unspecified atom stereocenters. The molecule has 4 rings (SSSR count). The van der Waals surface area contributed by atoms with Gasteiger partial charge in [-0.3, -0.25) is 4.52 Å². The maximum absolute atomic E-state index is 11.9. The quantitative estimate of drug-likeness (QED) is 0.276. The molecule has 0 aliphatic heterocycles. The van der Waals surface area contributed by atoms with Crippen LogP contribution >= 0.6 is 7.82 Å². The molecule has 9 nitrogen and oxygen atoms in total. The lowest BCUT2D eigenvalue weighted by molar-refractivity contribution is -0.258. The Morgan fingerprint density at radius 1 is 0.541 bits per heavy atom. The van der Waals surface area contributed by atoms with Crippen molar-refractivity contribution >= 4 is 7.82 Å². The summed E-state index contributed by atoms with van der Waals surface area (Å²) in [5, 5.41) is 22.5. The van der Waals surface area contributed by atoms with Gasteiger partial charge in [0.05, 0.1) is 19.8 Å². The standard InChI is InChI=1S/C27H31O9P/c28-22-24(33-16-19-10-4-1-5-11-19)23(29)26(35-18-21-14-8-3-9-15-21)27(36-37(30,31)32)25(22)34-17-20-12-6-2-7-13-20/h1-15,22-29H,16-18H2,(H2,30,31,32)/t22-,23+,24-,25-,26-,27-/m0/s1. The fraction of sp³-hybridized carbons (Fsp3) is 0.333. The maximum atomic E-state index is 11.9. The monoisotopic (exact) mass is 530 g/mol. The molecular formula is C27H31O9P. The molecule has 0 spiro atoms. The molecule has 198 valence electrons. The van der Waals surface area contributed by atoms with E-state index in [0.29, 0.717) is 0 Å². The van der Waals surface area contributed by atoms with Crippen LogP contribution < -0.4 is 0 Å². The second kappa shape index (κ2) is 12.9. The molecule has 10 heteroatoms. The van der Waals surface area contributed by atoms with Gasteiger partial charge in [0.15, 0.2) is 0 Å². The molecule has 3 aromatic carbocycles. The van der Waals surface area contributed by atoms with Crippen molar-refractivity contribution in [3.05, 3.63) is 108 Å². The summed E-state index contributed by atoms with van der Waals surface area (Å²) in [5.74, 6) is 0. The average Bonchev–Trinajstić information content (AvgIpc) is 2.89. The number of hydrogen-bond acceptors (Lipinski definition) is 7. The predicted molar refractivity (Wildman–Crippen MR) is 134 cm³/mol. The van der Waals surface area contributed by atoms with Gasteiger partial charge in [-0.1, -0.05) is 91.0 Å². The molecule has 1 aliphatic carbocycles. The minimum absolute atomic E-state index is 0.0243. The molecule has 3 aromatic rings. The Morgan fingerprint density at radius 3 is 1.19 bits per heavy atom. The van der Waals surface area contributed by atoms with Crippen molar-refractivity contribution in [3.8, 4) is 0 Å². The number of aliphatic hydroxyl groups is 2. The second-order valence-electron chi connectivity index (χ2n) is 8.83. The van der Waals surface area contributed by atoms with Crippen molar-refractivity contribution in [2.75, 3.05) is 0 Å². The molecule has 0 amide bonds. The van der Waals surface area contributed by atoms with Crippen molar-refractivity contribution in [2.45, 2.75) is 56.4 Å². The highest BCUT2D eigenvalue weighted by molar-refractivity contribution is 7.46. The van der Waals surface area contributed by atoms with Gasteiger partial charge in [-0.2, -0.15) is 0 Å². The van der Waals surface area contributed by atoms with E-state index in [1.54, 1.807) is 0 Å². The van der Waals surface area contributed by atoms with Gasteiger partial charge in [0.2, 0.25) is 0 Å². The molecule has 0 bridgehead atoms. The minimum atomic E-state index is -5.06. The fourth-order valence-corrected chi connectivity index (χ4v) is 4.87.